The first-order valence-corrected chi connectivity index (χ1v) is 8.74. The molecule has 20 heavy (non-hydrogen) atoms. The predicted molar refractivity (Wildman–Crippen MR) is 79.6 cm³/mol. The van der Waals surface area contributed by atoms with E-state index in [1.54, 1.807) is 31.4 Å². The highest BCUT2D eigenvalue weighted by molar-refractivity contribution is 7.92. The summed E-state index contributed by atoms with van der Waals surface area (Å²) in [4.78, 5) is 0.347. The molecule has 0 saturated heterocycles. The highest BCUT2D eigenvalue weighted by Crippen LogP contribution is 2.27. The molecule has 1 aliphatic carbocycles. The van der Waals surface area contributed by atoms with Crippen molar-refractivity contribution in [1.82, 2.24) is 0 Å². The van der Waals surface area contributed by atoms with Crippen LogP contribution in [-0.2, 0) is 9.84 Å². The van der Waals surface area contributed by atoms with Gasteiger partial charge in [0.15, 0.2) is 9.84 Å². The third kappa shape index (κ3) is 3.33. The summed E-state index contributed by atoms with van der Waals surface area (Å²) >= 11 is 0. The fourth-order valence-corrected chi connectivity index (χ4v) is 4.74. The molecule has 1 aromatic carbocycles. The molecule has 0 spiro atoms. The minimum atomic E-state index is -3.36. The summed E-state index contributed by atoms with van der Waals surface area (Å²) in [5.74, 6) is 0.658. The van der Waals surface area contributed by atoms with E-state index >= 15 is 0 Å². The molecular weight excluding hydrogens is 274 g/mol. The van der Waals surface area contributed by atoms with Gasteiger partial charge in [0.2, 0.25) is 0 Å². The Morgan fingerprint density at radius 2 is 1.65 bits per heavy atom. The third-order valence-corrected chi connectivity index (χ3v) is 6.35. The molecule has 4 nitrogen and oxygen atoms in total. The number of ether oxygens (including phenoxy) is 1. The first-order chi connectivity index (χ1) is 9.55. The molecule has 5 heteroatoms. The summed E-state index contributed by atoms with van der Waals surface area (Å²) in [5.41, 5.74) is 6.12. The summed E-state index contributed by atoms with van der Waals surface area (Å²) in [6.07, 6.45) is 5.67. The van der Waals surface area contributed by atoms with Crippen LogP contribution in [0, 0.1) is 0 Å². The summed E-state index contributed by atoms with van der Waals surface area (Å²) in [5, 5.41) is -0.462. The monoisotopic (exact) mass is 297 g/mol. The Bertz CT molecular complexity index is 525. The zero-order valence-electron chi connectivity index (χ0n) is 11.9. The molecule has 2 rings (SSSR count). The maximum Gasteiger partial charge on any atom is 0.182 e. The maximum absolute atomic E-state index is 12.7. The minimum Gasteiger partial charge on any atom is -0.497 e. The van der Waals surface area contributed by atoms with E-state index in [1.165, 1.54) is 0 Å². The van der Waals surface area contributed by atoms with E-state index in [1.807, 2.05) is 0 Å². The molecule has 0 aliphatic heterocycles. The first-order valence-electron chi connectivity index (χ1n) is 7.19. The normalized spacial score (nSPS) is 24.7. The Morgan fingerprint density at radius 3 is 2.25 bits per heavy atom. The van der Waals surface area contributed by atoms with E-state index in [0.29, 0.717) is 17.1 Å². The minimum absolute atomic E-state index is 0.262. The maximum atomic E-state index is 12.7. The van der Waals surface area contributed by atoms with Gasteiger partial charge in [0.1, 0.15) is 5.75 Å². The van der Waals surface area contributed by atoms with Crippen molar-refractivity contribution in [1.29, 1.82) is 0 Å². The number of hydrogen-bond acceptors (Lipinski definition) is 4. The van der Waals surface area contributed by atoms with Gasteiger partial charge in [-0.3, -0.25) is 0 Å². The van der Waals surface area contributed by atoms with Crippen LogP contribution >= 0.6 is 0 Å². The lowest BCUT2D eigenvalue weighted by Gasteiger charge is -2.26. The highest BCUT2D eigenvalue weighted by Gasteiger charge is 2.32. The Labute approximate surface area is 121 Å². The molecule has 2 atom stereocenters. The number of rotatable bonds is 3. The molecule has 0 heterocycles. The van der Waals surface area contributed by atoms with Gasteiger partial charge in [-0.1, -0.05) is 25.7 Å². The number of hydrogen-bond donors (Lipinski definition) is 1. The zero-order valence-corrected chi connectivity index (χ0v) is 12.7. The van der Waals surface area contributed by atoms with Crippen molar-refractivity contribution >= 4 is 9.84 Å². The van der Waals surface area contributed by atoms with Crippen LogP contribution in [0.1, 0.15) is 38.5 Å². The zero-order chi connectivity index (χ0) is 14.6. The van der Waals surface area contributed by atoms with Crippen molar-refractivity contribution in [2.24, 2.45) is 5.73 Å². The molecule has 2 N–H and O–H groups in total. The molecule has 0 aromatic heterocycles. The van der Waals surface area contributed by atoms with E-state index in [-0.39, 0.29) is 6.04 Å². The van der Waals surface area contributed by atoms with Crippen LogP contribution in [0.2, 0.25) is 0 Å². The van der Waals surface area contributed by atoms with Gasteiger partial charge in [-0.15, -0.1) is 0 Å². The van der Waals surface area contributed by atoms with Crippen molar-refractivity contribution in [3.05, 3.63) is 24.3 Å². The number of nitrogens with two attached hydrogens (primary N) is 1. The van der Waals surface area contributed by atoms with Crippen molar-refractivity contribution in [2.45, 2.75) is 54.7 Å². The smallest absolute Gasteiger partial charge is 0.182 e. The lowest BCUT2D eigenvalue weighted by atomic mass is 9.97. The summed E-state index contributed by atoms with van der Waals surface area (Å²) < 4.78 is 30.5. The lowest BCUT2D eigenvalue weighted by molar-refractivity contribution is 0.414. The Morgan fingerprint density at radius 1 is 1.05 bits per heavy atom. The van der Waals surface area contributed by atoms with Gasteiger partial charge in [-0.25, -0.2) is 8.42 Å². The summed E-state index contributed by atoms with van der Waals surface area (Å²) in [6.45, 7) is 0. The largest absolute Gasteiger partial charge is 0.497 e. The van der Waals surface area contributed by atoms with Gasteiger partial charge < -0.3 is 10.5 Å². The van der Waals surface area contributed by atoms with Crippen LogP contribution < -0.4 is 10.5 Å². The van der Waals surface area contributed by atoms with Crippen LogP contribution in [0.5, 0.6) is 5.75 Å². The van der Waals surface area contributed by atoms with Gasteiger partial charge in [-0.2, -0.15) is 0 Å². The van der Waals surface area contributed by atoms with Gasteiger partial charge >= 0.3 is 0 Å². The van der Waals surface area contributed by atoms with Crippen LogP contribution in [-0.4, -0.2) is 26.8 Å². The highest BCUT2D eigenvalue weighted by atomic mass is 32.2. The van der Waals surface area contributed by atoms with Crippen molar-refractivity contribution in [3.63, 3.8) is 0 Å². The fraction of sp³-hybridized carbons (Fsp3) is 0.600. The molecule has 0 bridgehead atoms. The van der Waals surface area contributed by atoms with Gasteiger partial charge in [0, 0.05) is 6.04 Å². The van der Waals surface area contributed by atoms with Gasteiger partial charge in [0.05, 0.1) is 17.3 Å². The second kappa shape index (κ2) is 6.59. The average molecular weight is 297 g/mol. The van der Waals surface area contributed by atoms with Crippen LogP contribution in [0.15, 0.2) is 29.2 Å². The quantitative estimate of drug-likeness (QED) is 0.930. The van der Waals surface area contributed by atoms with E-state index in [9.17, 15) is 8.42 Å². The number of methoxy groups -OCH3 is 1. The summed E-state index contributed by atoms with van der Waals surface area (Å²) in [6, 6.07) is 6.32. The topological polar surface area (TPSA) is 69.4 Å². The first kappa shape index (κ1) is 15.3. The van der Waals surface area contributed by atoms with Crippen LogP contribution in [0.3, 0.4) is 0 Å². The van der Waals surface area contributed by atoms with E-state index in [0.717, 1.165) is 32.1 Å². The molecule has 2 unspecified atom stereocenters. The van der Waals surface area contributed by atoms with E-state index < -0.39 is 15.1 Å². The Hall–Kier alpha value is -1.07. The van der Waals surface area contributed by atoms with Crippen molar-refractivity contribution in [3.8, 4) is 5.75 Å². The fourth-order valence-electron chi connectivity index (χ4n) is 2.80. The standard InChI is InChI=1S/C15H23NO3S/c1-19-12-8-10-13(11-9-12)20(17,18)15-7-5-3-2-4-6-14(15)16/h8-11,14-15H,2-7,16H2,1H3. The SMILES string of the molecule is COc1ccc(S(=O)(=O)C2CCCCCCC2N)cc1. The molecular formula is C15H23NO3S. The van der Waals surface area contributed by atoms with Crippen molar-refractivity contribution in [2.75, 3.05) is 7.11 Å². The molecule has 1 aliphatic rings. The third-order valence-electron chi connectivity index (χ3n) is 4.04. The molecule has 1 aromatic rings. The van der Waals surface area contributed by atoms with Crippen LogP contribution in [0.25, 0.3) is 0 Å². The van der Waals surface area contributed by atoms with Crippen LogP contribution in [0.4, 0.5) is 0 Å². The van der Waals surface area contributed by atoms with E-state index in [4.69, 9.17) is 10.5 Å². The molecule has 112 valence electrons. The Kier molecular flexibility index (Phi) is 5.05. The molecule has 1 fully saturated rings. The number of benzene rings is 1. The molecule has 0 radical (unpaired) electrons. The average Bonchev–Trinajstić information content (AvgIpc) is 2.43. The molecule has 1 saturated carbocycles. The second-order valence-electron chi connectivity index (χ2n) is 5.41. The number of sulfone groups is 1. The predicted octanol–water partition coefficient (Wildman–Crippen LogP) is 2.52. The Balaban J connectivity index is 2.26. The lowest BCUT2D eigenvalue weighted by Crippen LogP contribution is -2.41. The van der Waals surface area contributed by atoms with Crippen molar-refractivity contribution < 1.29 is 13.2 Å². The second-order valence-corrected chi connectivity index (χ2v) is 7.58. The molecule has 0 amide bonds. The van der Waals surface area contributed by atoms with Gasteiger partial charge in [0.25, 0.3) is 0 Å². The van der Waals surface area contributed by atoms with E-state index in [2.05, 4.69) is 0 Å². The van der Waals surface area contributed by atoms with Gasteiger partial charge in [-0.05, 0) is 37.1 Å². The summed E-state index contributed by atoms with van der Waals surface area (Å²) in [7, 11) is -1.79.